The summed E-state index contributed by atoms with van der Waals surface area (Å²) in [5.41, 5.74) is 1.79. The van der Waals surface area contributed by atoms with Crippen LogP contribution in [0.15, 0.2) is 32.7 Å². The SMILES string of the molecule is CNC(C)c1cc(F)ccc1Sc1nc(C)c(C)o1. The molecule has 1 aromatic carbocycles. The zero-order chi connectivity index (χ0) is 14.0. The highest BCUT2D eigenvalue weighted by atomic mass is 32.2. The molecule has 19 heavy (non-hydrogen) atoms. The quantitative estimate of drug-likeness (QED) is 0.923. The van der Waals surface area contributed by atoms with E-state index in [1.54, 1.807) is 12.1 Å². The van der Waals surface area contributed by atoms with Gasteiger partial charge in [0.15, 0.2) is 0 Å². The van der Waals surface area contributed by atoms with Gasteiger partial charge in [0.05, 0.1) is 5.69 Å². The molecule has 1 aromatic heterocycles. The minimum absolute atomic E-state index is 0.0651. The van der Waals surface area contributed by atoms with Gasteiger partial charge in [-0.1, -0.05) is 0 Å². The third-order valence-corrected chi connectivity index (χ3v) is 4.02. The summed E-state index contributed by atoms with van der Waals surface area (Å²) in [7, 11) is 1.85. The molecule has 0 aliphatic rings. The Morgan fingerprint density at radius 1 is 1.37 bits per heavy atom. The highest BCUT2D eigenvalue weighted by Gasteiger charge is 2.14. The number of aryl methyl sites for hydroxylation is 2. The van der Waals surface area contributed by atoms with E-state index in [4.69, 9.17) is 4.42 Å². The molecule has 2 aromatic rings. The minimum Gasteiger partial charge on any atom is -0.436 e. The first-order chi connectivity index (χ1) is 9.01. The lowest BCUT2D eigenvalue weighted by atomic mass is 10.1. The average Bonchev–Trinajstić information content (AvgIpc) is 2.69. The number of rotatable bonds is 4. The fourth-order valence-electron chi connectivity index (χ4n) is 1.69. The number of oxazole rings is 1. The summed E-state index contributed by atoms with van der Waals surface area (Å²) in [5.74, 6) is 0.578. The van der Waals surface area contributed by atoms with Gasteiger partial charge in [0.2, 0.25) is 0 Å². The van der Waals surface area contributed by atoms with Crippen LogP contribution in [0, 0.1) is 19.7 Å². The van der Waals surface area contributed by atoms with Gasteiger partial charge < -0.3 is 9.73 Å². The van der Waals surface area contributed by atoms with Gasteiger partial charge in [-0.2, -0.15) is 0 Å². The summed E-state index contributed by atoms with van der Waals surface area (Å²) in [6.45, 7) is 5.78. The molecule has 0 spiro atoms. The van der Waals surface area contributed by atoms with Crippen LogP contribution in [0.25, 0.3) is 0 Å². The topological polar surface area (TPSA) is 38.1 Å². The van der Waals surface area contributed by atoms with Crippen molar-refractivity contribution in [2.45, 2.75) is 36.9 Å². The second-order valence-electron chi connectivity index (χ2n) is 4.42. The predicted octanol–water partition coefficient (Wildman–Crippen LogP) is 3.86. The Hall–Kier alpha value is -1.33. The Balaban J connectivity index is 2.33. The van der Waals surface area contributed by atoms with Crippen molar-refractivity contribution in [1.29, 1.82) is 0 Å². The highest BCUT2D eigenvalue weighted by Crippen LogP contribution is 2.34. The van der Waals surface area contributed by atoms with Gasteiger partial charge in [-0.05, 0) is 63.3 Å². The van der Waals surface area contributed by atoms with E-state index in [9.17, 15) is 4.39 Å². The van der Waals surface area contributed by atoms with E-state index in [-0.39, 0.29) is 11.9 Å². The smallest absolute Gasteiger partial charge is 0.261 e. The van der Waals surface area contributed by atoms with Gasteiger partial charge in [0, 0.05) is 10.9 Å². The van der Waals surface area contributed by atoms with E-state index in [1.165, 1.54) is 17.8 Å². The number of aromatic nitrogens is 1. The number of benzene rings is 1. The lowest BCUT2D eigenvalue weighted by Gasteiger charge is -2.14. The number of halogens is 1. The Morgan fingerprint density at radius 3 is 2.68 bits per heavy atom. The summed E-state index contributed by atoms with van der Waals surface area (Å²) in [6.07, 6.45) is 0. The normalized spacial score (nSPS) is 12.7. The van der Waals surface area contributed by atoms with Gasteiger partial charge in [-0.15, -0.1) is 0 Å². The van der Waals surface area contributed by atoms with Gasteiger partial charge in [0.25, 0.3) is 5.22 Å². The van der Waals surface area contributed by atoms with Gasteiger partial charge in [-0.25, -0.2) is 9.37 Å². The van der Waals surface area contributed by atoms with Crippen molar-refractivity contribution < 1.29 is 8.81 Å². The minimum atomic E-state index is -0.235. The van der Waals surface area contributed by atoms with Crippen LogP contribution in [-0.2, 0) is 0 Å². The van der Waals surface area contributed by atoms with Crippen LogP contribution in [0.5, 0.6) is 0 Å². The van der Waals surface area contributed by atoms with E-state index < -0.39 is 0 Å². The van der Waals surface area contributed by atoms with Crippen molar-refractivity contribution in [2.24, 2.45) is 0 Å². The lowest BCUT2D eigenvalue weighted by Crippen LogP contribution is -2.13. The number of hydrogen-bond acceptors (Lipinski definition) is 4. The average molecular weight is 280 g/mol. The monoisotopic (exact) mass is 280 g/mol. The highest BCUT2D eigenvalue weighted by molar-refractivity contribution is 7.99. The maximum absolute atomic E-state index is 13.4. The summed E-state index contributed by atoms with van der Waals surface area (Å²) < 4.78 is 18.9. The molecule has 3 nitrogen and oxygen atoms in total. The van der Waals surface area contributed by atoms with Gasteiger partial charge in [0.1, 0.15) is 11.6 Å². The second kappa shape index (κ2) is 5.75. The van der Waals surface area contributed by atoms with Gasteiger partial charge in [-0.3, -0.25) is 0 Å². The first-order valence-electron chi connectivity index (χ1n) is 6.10. The molecule has 0 amide bonds. The molecule has 0 aliphatic carbocycles. The summed E-state index contributed by atoms with van der Waals surface area (Å²) in [6, 6.07) is 4.83. The van der Waals surface area contributed by atoms with Crippen LogP contribution in [0.1, 0.15) is 30.0 Å². The number of hydrogen-bond donors (Lipinski definition) is 1. The molecular formula is C14H17FN2OS. The Bertz CT molecular complexity index is 563. The predicted molar refractivity (Wildman–Crippen MR) is 74.0 cm³/mol. The molecule has 1 N–H and O–H groups in total. The molecular weight excluding hydrogens is 263 g/mol. The van der Waals surface area contributed by atoms with Crippen LogP contribution in [0.4, 0.5) is 4.39 Å². The molecule has 1 unspecified atom stereocenters. The molecule has 102 valence electrons. The molecule has 2 rings (SSSR count). The fraction of sp³-hybridized carbons (Fsp3) is 0.357. The van der Waals surface area contributed by atoms with E-state index in [2.05, 4.69) is 10.3 Å². The van der Waals surface area contributed by atoms with E-state index in [0.29, 0.717) is 5.22 Å². The zero-order valence-electron chi connectivity index (χ0n) is 11.5. The molecule has 0 saturated heterocycles. The van der Waals surface area contributed by atoms with Crippen molar-refractivity contribution in [1.82, 2.24) is 10.3 Å². The first-order valence-corrected chi connectivity index (χ1v) is 6.91. The Morgan fingerprint density at radius 2 is 2.11 bits per heavy atom. The second-order valence-corrected chi connectivity index (χ2v) is 5.41. The molecule has 1 atom stereocenters. The van der Waals surface area contributed by atoms with Crippen LogP contribution >= 0.6 is 11.8 Å². The van der Waals surface area contributed by atoms with Crippen molar-refractivity contribution in [3.63, 3.8) is 0 Å². The maximum Gasteiger partial charge on any atom is 0.261 e. The lowest BCUT2D eigenvalue weighted by molar-refractivity contribution is 0.431. The van der Waals surface area contributed by atoms with Crippen molar-refractivity contribution in [3.8, 4) is 0 Å². The molecule has 0 aliphatic heterocycles. The van der Waals surface area contributed by atoms with Crippen LogP contribution in [-0.4, -0.2) is 12.0 Å². The Labute approximate surface area is 116 Å². The van der Waals surface area contributed by atoms with Crippen LogP contribution in [0.2, 0.25) is 0 Å². The maximum atomic E-state index is 13.4. The Kier molecular flexibility index (Phi) is 4.27. The first kappa shape index (κ1) is 14.1. The van der Waals surface area contributed by atoms with Crippen LogP contribution in [0.3, 0.4) is 0 Å². The third-order valence-electron chi connectivity index (χ3n) is 3.08. The van der Waals surface area contributed by atoms with Crippen molar-refractivity contribution in [2.75, 3.05) is 7.05 Å². The molecule has 0 saturated carbocycles. The number of nitrogens with one attached hydrogen (secondary N) is 1. The molecule has 5 heteroatoms. The van der Waals surface area contributed by atoms with Crippen molar-refractivity contribution in [3.05, 3.63) is 41.0 Å². The molecule has 0 bridgehead atoms. The summed E-state index contributed by atoms with van der Waals surface area (Å²) in [5, 5.41) is 3.71. The number of nitrogens with zero attached hydrogens (tertiary/aromatic N) is 1. The summed E-state index contributed by atoms with van der Waals surface area (Å²) >= 11 is 1.42. The molecule has 0 radical (unpaired) electrons. The zero-order valence-corrected chi connectivity index (χ0v) is 12.3. The fourth-order valence-corrected chi connectivity index (χ4v) is 2.71. The summed E-state index contributed by atoms with van der Waals surface area (Å²) in [4.78, 5) is 5.28. The molecule has 0 fully saturated rings. The van der Waals surface area contributed by atoms with E-state index in [0.717, 1.165) is 21.9 Å². The van der Waals surface area contributed by atoms with Crippen LogP contribution < -0.4 is 5.32 Å². The third kappa shape index (κ3) is 3.16. The van der Waals surface area contributed by atoms with E-state index in [1.807, 2.05) is 27.8 Å². The standard InChI is InChI=1S/C14H17FN2OS/c1-8-10(3)18-14(17-8)19-13-6-5-11(15)7-12(13)9(2)16-4/h5-7,9,16H,1-4H3. The van der Waals surface area contributed by atoms with Crippen molar-refractivity contribution >= 4 is 11.8 Å². The molecule has 1 heterocycles. The van der Waals surface area contributed by atoms with E-state index >= 15 is 0 Å². The largest absolute Gasteiger partial charge is 0.436 e. The van der Waals surface area contributed by atoms with Gasteiger partial charge >= 0.3 is 0 Å².